The Morgan fingerprint density at radius 1 is 0.892 bits per heavy atom. The maximum Gasteiger partial charge on any atom is 0.192 e. The highest BCUT2D eigenvalue weighted by molar-refractivity contribution is 6.74. The van der Waals surface area contributed by atoms with Gasteiger partial charge in [0.15, 0.2) is 16.6 Å². The summed E-state index contributed by atoms with van der Waals surface area (Å²) in [6, 6.07) is 0. The Bertz CT molecular complexity index is 881. The van der Waals surface area contributed by atoms with Crippen LogP contribution < -0.4 is 0 Å². The molecule has 214 valence electrons. The molecule has 8 atom stereocenters. The van der Waals surface area contributed by atoms with Gasteiger partial charge in [-0.3, -0.25) is 0 Å². The Morgan fingerprint density at radius 3 is 2.05 bits per heavy atom. The number of allylic oxidation sites excluding steroid dienone is 1. The maximum absolute atomic E-state index is 10.2. The molecule has 3 unspecified atom stereocenters. The highest BCUT2D eigenvalue weighted by atomic mass is 28.4. The van der Waals surface area contributed by atoms with Gasteiger partial charge in [-0.25, -0.2) is 0 Å². The summed E-state index contributed by atoms with van der Waals surface area (Å²) in [5.74, 6) is 2.65. The molecule has 0 aliphatic heterocycles. The van der Waals surface area contributed by atoms with Crippen LogP contribution in [-0.2, 0) is 8.85 Å². The lowest BCUT2D eigenvalue weighted by molar-refractivity contribution is -0.101. The third-order valence-electron chi connectivity index (χ3n) is 13.1. The SMILES string of the molecule is CC(C)(C)[Si](C)(C)OC1CC2=CC[C@@H]3[C@@H](CC[C@]4(C)C(CO)CC[C@@H]34)[C@@]2(C)C(O[Si](C)(C)C(C)(C)C)C1. The molecule has 37 heavy (non-hydrogen) atoms. The minimum atomic E-state index is -1.96. The Hall–Kier alpha value is 0.0538. The molecule has 0 amide bonds. The monoisotopic (exact) mass is 548 g/mol. The van der Waals surface area contributed by atoms with E-state index >= 15 is 0 Å². The van der Waals surface area contributed by atoms with Crippen LogP contribution in [0.15, 0.2) is 11.6 Å². The first kappa shape index (κ1) is 30.0. The van der Waals surface area contributed by atoms with Crippen LogP contribution in [0.3, 0.4) is 0 Å². The largest absolute Gasteiger partial charge is 0.414 e. The van der Waals surface area contributed by atoms with Gasteiger partial charge in [0.05, 0.1) is 12.2 Å². The first-order valence-corrected chi connectivity index (χ1v) is 21.3. The average molecular weight is 549 g/mol. The standard InChI is InChI=1S/C32H60O3Si2/c1-29(2,3)36(9,10)34-24-19-22-13-15-25-26-16-14-23(21-33)31(26,7)18-17-27(25)32(22,8)28(20-24)35-37(11,12)30(4,5)6/h13,23-28,33H,14-21H2,1-12H3/t23?,24?,25-,26-,27+,28?,31+,32-/m0/s1. The van der Waals surface area contributed by atoms with E-state index < -0.39 is 16.6 Å². The summed E-state index contributed by atoms with van der Waals surface area (Å²) in [7, 11) is -3.83. The number of aliphatic hydroxyl groups is 1. The second kappa shape index (κ2) is 9.57. The van der Waals surface area contributed by atoms with Crippen LogP contribution in [0.1, 0.15) is 100 Å². The summed E-state index contributed by atoms with van der Waals surface area (Å²) in [6.07, 6.45) is 11.6. The molecule has 4 aliphatic rings. The fraction of sp³-hybridized carbons (Fsp3) is 0.938. The fourth-order valence-corrected chi connectivity index (χ4v) is 11.2. The van der Waals surface area contributed by atoms with Gasteiger partial charge in [-0.1, -0.05) is 67.0 Å². The number of rotatable bonds is 5. The van der Waals surface area contributed by atoms with E-state index in [9.17, 15) is 5.11 Å². The first-order valence-electron chi connectivity index (χ1n) is 15.4. The van der Waals surface area contributed by atoms with Crippen molar-refractivity contribution >= 4 is 16.6 Å². The molecule has 0 radical (unpaired) electrons. The van der Waals surface area contributed by atoms with Crippen LogP contribution in [0, 0.1) is 34.5 Å². The van der Waals surface area contributed by atoms with Crippen LogP contribution in [0.5, 0.6) is 0 Å². The Kier molecular flexibility index (Phi) is 7.76. The van der Waals surface area contributed by atoms with Gasteiger partial charge in [0, 0.05) is 12.0 Å². The molecule has 1 N–H and O–H groups in total. The van der Waals surface area contributed by atoms with E-state index in [2.05, 4.69) is 87.7 Å². The lowest BCUT2D eigenvalue weighted by Crippen LogP contribution is -2.60. The van der Waals surface area contributed by atoms with Crippen molar-refractivity contribution in [2.75, 3.05) is 6.61 Å². The molecule has 4 aliphatic carbocycles. The molecule has 0 saturated heterocycles. The summed E-state index contributed by atoms with van der Waals surface area (Å²) in [4.78, 5) is 0. The molecular weight excluding hydrogens is 489 g/mol. The van der Waals surface area contributed by atoms with E-state index in [0.29, 0.717) is 23.9 Å². The smallest absolute Gasteiger partial charge is 0.192 e. The predicted molar refractivity (Wildman–Crippen MR) is 162 cm³/mol. The third-order valence-corrected chi connectivity index (χ3v) is 22.1. The topological polar surface area (TPSA) is 38.7 Å². The molecular formula is C32H60O3Si2. The van der Waals surface area contributed by atoms with Crippen molar-refractivity contribution < 1.29 is 14.0 Å². The van der Waals surface area contributed by atoms with Crippen LogP contribution in [0.2, 0.25) is 36.3 Å². The van der Waals surface area contributed by atoms with Crippen molar-refractivity contribution in [3.63, 3.8) is 0 Å². The van der Waals surface area contributed by atoms with E-state index in [-0.39, 0.29) is 27.7 Å². The van der Waals surface area contributed by atoms with Crippen molar-refractivity contribution in [3.05, 3.63) is 11.6 Å². The average Bonchev–Trinajstić information content (AvgIpc) is 3.09. The number of aliphatic hydroxyl groups excluding tert-OH is 1. The van der Waals surface area contributed by atoms with Gasteiger partial charge in [0.25, 0.3) is 0 Å². The van der Waals surface area contributed by atoms with Crippen molar-refractivity contribution in [1.29, 1.82) is 0 Å². The predicted octanol–water partition coefficient (Wildman–Crippen LogP) is 8.95. The summed E-state index contributed by atoms with van der Waals surface area (Å²) >= 11 is 0. The van der Waals surface area contributed by atoms with Crippen LogP contribution in [-0.4, -0.2) is 40.6 Å². The molecule has 3 saturated carbocycles. The highest BCUT2D eigenvalue weighted by Crippen LogP contribution is 2.67. The Labute approximate surface area is 231 Å². The lowest BCUT2D eigenvalue weighted by atomic mass is 9.47. The van der Waals surface area contributed by atoms with Gasteiger partial charge in [0.1, 0.15) is 0 Å². The zero-order valence-corrected chi connectivity index (χ0v) is 28.5. The molecule has 0 spiro atoms. The van der Waals surface area contributed by atoms with E-state index in [1.54, 1.807) is 5.57 Å². The molecule has 4 rings (SSSR count). The highest BCUT2D eigenvalue weighted by Gasteiger charge is 2.62. The van der Waals surface area contributed by atoms with Crippen LogP contribution >= 0.6 is 0 Å². The minimum Gasteiger partial charge on any atom is -0.414 e. The third kappa shape index (κ3) is 4.93. The number of fused-ring (bicyclic) bond motifs is 5. The van der Waals surface area contributed by atoms with Crippen molar-refractivity contribution in [1.82, 2.24) is 0 Å². The number of hydrogen-bond acceptors (Lipinski definition) is 3. The molecule has 3 nitrogen and oxygen atoms in total. The first-order chi connectivity index (χ1) is 16.8. The fourth-order valence-electron chi connectivity index (χ4n) is 8.45. The quantitative estimate of drug-likeness (QED) is 0.275. The zero-order chi connectivity index (χ0) is 27.8. The summed E-state index contributed by atoms with van der Waals surface area (Å²) in [6.45, 7) is 29.4. The zero-order valence-electron chi connectivity index (χ0n) is 26.5. The normalized spacial score (nSPS) is 41.1. The molecule has 0 aromatic heterocycles. The van der Waals surface area contributed by atoms with Gasteiger partial charge in [-0.15, -0.1) is 0 Å². The van der Waals surface area contributed by atoms with Crippen molar-refractivity contribution in [3.8, 4) is 0 Å². The van der Waals surface area contributed by atoms with E-state index in [0.717, 1.165) is 24.7 Å². The Morgan fingerprint density at radius 2 is 1.49 bits per heavy atom. The summed E-state index contributed by atoms with van der Waals surface area (Å²) in [5.41, 5.74) is 2.06. The summed E-state index contributed by atoms with van der Waals surface area (Å²) < 4.78 is 14.6. The molecule has 0 aromatic rings. The second-order valence-corrected chi connectivity index (χ2v) is 26.4. The van der Waals surface area contributed by atoms with Gasteiger partial charge >= 0.3 is 0 Å². The second-order valence-electron chi connectivity index (χ2n) is 16.9. The number of hydrogen-bond donors (Lipinski definition) is 1. The molecule has 0 heterocycles. The van der Waals surface area contributed by atoms with Crippen LogP contribution in [0.4, 0.5) is 0 Å². The molecule has 3 fully saturated rings. The van der Waals surface area contributed by atoms with Crippen LogP contribution in [0.25, 0.3) is 0 Å². The van der Waals surface area contributed by atoms with E-state index in [1.165, 1.54) is 32.1 Å². The maximum atomic E-state index is 10.2. The molecule has 5 heteroatoms. The van der Waals surface area contributed by atoms with Gasteiger partial charge in [0.2, 0.25) is 0 Å². The minimum absolute atomic E-state index is 0.102. The molecule has 0 aromatic carbocycles. The van der Waals surface area contributed by atoms with Gasteiger partial charge in [-0.2, -0.15) is 0 Å². The lowest BCUT2D eigenvalue weighted by Gasteiger charge is -2.61. The Balaban J connectivity index is 1.71. The van der Waals surface area contributed by atoms with Gasteiger partial charge < -0.3 is 14.0 Å². The van der Waals surface area contributed by atoms with Gasteiger partial charge in [-0.05, 0) is 110 Å². The van der Waals surface area contributed by atoms with Crippen molar-refractivity contribution in [2.45, 2.75) is 149 Å². The molecule has 0 bridgehead atoms. The van der Waals surface area contributed by atoms with E-state index in [4.69, 9.17) is 8.85 Å². The summed E-state index contributed by atoms with van der Waals surface area (Å²) in [5, 5.41) is 10.6. The van der Waals surface area contributed by atoms with Crippen molar-refractivity contribution in [2.24, 2.45) is 34.5 Å². The van der Waals surface area contributed by atoms with E-state index in [1.807, 2.05) is 0 Å².